The second-order valence-electron chi connectivity index (χ2n) is 5.37. The van der Waals surface area contributed by atoms with Crippen LogP contribution in [0.15, 0.2) is 48.8 Å². The molecule has 1 aromatic carbocycles. The van der Waals surface area contributed by atoms with E-state index in [-0.39, 0.29) is 0 Å². The molecular formula is C17H17N3. The van der Waals surface area contributed by atoms with Crippen molar-refractivity contribution in [3.63, 3.8) is 0 Å². The van der Waals surface area contributed by atoms with E-state index >= 15 is 0 Å². The number of H-pyrrole nitrogens is 1. The molecule has 0 bridgehead atoms. The van der Waals surface area contributed by atoms with Crippen LogP contribution in [-0.2, 0) is 13.0 Å². The summed E-state index contributed by atoms with van der Waals surface area (Å²) in [7, 11) is 0. The maximum atomic E-state index is 4.37. The first-order valence-corrected chi connectivity index (χ1v) is 7.16. The molecule has 0 spiro atoms. The number of hydrogen-bond acceptors (Lipinski definition) is 2. The highest BCUT2D eigenvalue weighted by Crippen LogP contribution is 2.29. The van der Waals surface area contributed by atoms with Crippen LogP contribution in [0.4, 0.5) is 5.69 Å². The Kier molecular flexibility index (Phi) is 2.69. The number of benzene rings is 1. The smallest absolute Gasteiger partial charge is 0.137 e. The van der Waals surface area contributed by atoms with Gasteiger partial charge in [-0.2, -0.15) is 0 Å². The summed E-state index contributed by atoms with van der Waals surface area (Å²) in [6, 6.07) is 12.9. The number of para-hydroxylation sites is 1. The zero-order valence-electron chi connectivity index (χ0n) is 11.3. The van der Waals surface area contributed by atoms with Crippen LogP contribution in [0.25, 0.3) is 11.0 Å². The third-order valence-electron chi connectivity index (χ3n) is 4.10. The number of aromatic amines is 1. The molecule has 100 valence electrons. The van der Waals surface area contributed by atoms with E-state index in [4.69, 9.17) is 0 Å². The van der Waals surface area contributed by atoms with E-state index in [1.807, 2.05) is 12.3 Å². The zero-order valence-corrected chi connectivity index (χ0v) is 11.3. The largest absolute Gasteiger partial charge is 0.367 e. The molecule has 0 aliphatic carbocycles. The van der Waals surface area contributed by atoms with Gasteiger partial charge in [0, 0.05) is 36.6 Å². The molecule has 0 saturated carbocycles. The van der Waals surface area contributed by atoms with Gasteiger partial charge in [-0.05, 0) is 42.2 Å². The minimum atomic E-state index is 0.947. The van der Waals surface area contributed by atoms with Crippen LogP contribution in [0.3, 0.4) is 0 Å². The number of aromatic nitrogens is 2. The predicted octanol–water partition coefficient (Wildman–Crippen LogP) is 3.52. The zero-order chi connectivity index (χ0) is 13.4. The van der Waals surface area contributed by atoms with Gasteiger partial charge in [0.1, 0.15) is 5.65 Å². The quantitative estimate of drug-likeness (QED) is 0.767. The van der Waals surface area contributed by atoms with Gasteiger partial charge in [0.25, 0.3) is 0 Å². The molecular weight excluding hydrogens is 246 g/mol. The van der Waals surface area contributed by atoms with E-state index in [0.29, 0.717) is 0 Å². The standard InChI is InChI=1S/C17H17N3/c1-2-8-16-13(5-1)6-4-10-20(16)12-14-11-19-17-15(14)7-3-9-18-17/h1-3,5,7-9,11H,4,6,10,12H2,(H,18,19). The number of anilines is 1. The molecule has 0 unspecified atom stereocenters. The number of aryl methyl sites for hydroxylation is 1. The molecule has 20 heavy (non-hydrogen) atoms. The van der Waals surface area contributed by atoms with Gasteiger partial charge in [-0.15, -0.1) is 0 Å². The van der Waals surface area contributed by atoms with Gasteiger partial charge in [0.15, 0.2) is 0 Å². The minimum Gasteiger partial charge on any atom is -0.367 e. The molecule has 4 rings (SSSR count). The van der Waals surface area contributed by atoms with E-state index in [1.165, 1.54) is 35.0 Å². The van der Waals surface area contributed by atoms with Crippen molar-refractivity contribution in [2.24, 2.45) is 0 Å². The van der Waals surface area contributed by atoms with E-state index in [9.17, 15) is 0 Å². The first-order chi connectivity index (χ1) is 9.92. The Bertz CT molecular complexity index is 745. The van der Waals surface area contributed by atoms with Crippen molar-refractivity contribution in [1.82, 2.24) is 9.97 Å². The number of rotatable bonds is 2. The lowest BCUT2D eigenvalue weighted by atomic mass is 10.0. The molecule has 3 heteroatoms. The SMILES string of the molecule is c1ccc2c(c1)CCCN2Cc1c[nH]c2ncccc12. The van der Waals surface area contributed by atoms with Crippen LogP contribution >= 0.6 is 0 Å². The van der Waals surface area contributed by atoms with Gasteiger partial charge in [0.2, 0.25) is 0 Å². The first kappa shape index (κ1) is 11.5. The summed E-state index contributed by atoms with van der Waals surface area (Å²) in [6.07, 6.45) is 6.35. The molecule has 2 aromatic heterocycles. The second-order valence-corrected chi connectivity index (χ2v) is 5.37. The van der Waals surface area contributed by atoms with E-state index in [1.54, 1.807) is 0 Å². The van der Waals surface area contributed by atoms with Gasteiger partial charge in [-0.1, -0.05) is 18.2 Å². The molecule has 0 fully saturated rings. The van der Waals surface area contributed by atoms with Crippen LogP contribution < -0.4 is 4.90 Å². The maximum Gasteiger partial charge on any atom is 0.137 e. The fourth-order valence-electron chi connectivity index (χ4n) is 3.12. The Hall–Kier alpha value is -2.29. The van der Waals surface area contributed by atoms with Crippen molar-refractivity contribution in [2.75, 3.05) is 11.4 Å². The van der Waals surface area contributed by atoms with E-state index in [0.717, 1.165) is 18.7 Å². The molecule has 1 aliphatic heterocycles. The summed E-state index contributed by atoms with van der Waals surface area (Å²) < 4.78 is 0. The van der Waals surface area contributed by atoms with Gasteiger partial charge in [-0.25, -0.2) is 4.98 Å². The van der Waals surface area contributed by atoms with Gasteiger partial charge >= 0.3 is 0 Å². The lowest BCUT2D eigenvalue weighted by Gasteiger charge is -2.31. The summed E-state index contributed by atoms with van der Waals surface area (Å²) in [5.74, 6) is 0. The molecule has 0 saturated heterocycles. The summed E-state index contributed by atoms with van der Waals surface area (Å²) in [6.45, 7) is 2.08. The highest BCUT2D eigenvalue weighted by atomic mass is 15.1. The van der Waals surface area contributed by atoms with Gasteiger partial charge in [-0.3, -0.25) is 0 Å². The van der Waals surface area contributed by atoms with Crippen molar-refractivity contribution in [3.8, 4) is 0 Å². The third kappa shape index (κ3) is 1.86. The molecule has 0 amide bonds. The van der Waals surface area contributed by atoms with E-state index < -0.39 is 0 Å². The van der Waals surface area contributed by atoms with Crippen LogP contribution in [0.2, 0.25) is 0 Å². The second kappa shape index (κ2) is 4.67. The molecule has 3 aromatic rings. The Morgan fingerprint density at radius 3 is 3.10 bits per heavy atom. The Labute approximate surface area is 118 Å². The maximum absolute atomic E-state index is 4.37. The first-order valence-electron chi connectivity index (χ1n) is 7.16. The van der Waals surface area contributed by atoms with Crippen LogP contribution in [0.1, 0.15) is 17.5 Å². The summed E-state index contributed by atoms with van der Waals surface area (Å²) in [5.41, 5.74) is 5.16. The Morgan fingerprint density at radius 2 is 2.10 bits per heavy atom. The lowest BCUT2D eigenvalue weighted by molar-refractivity contribution is 0.693. The lowest BCUT2D eigenvalue weighted by Crippen LogP contribution is -2.28. The summed E-state index contributed by atoms with van der Waals surface area (Å²) >= 11 is 0. The normalized spacial score (nSPS) is 14.5. The van der Waals surface area contributed by atoms with Gasteiger partial charge in [0.05, 0.1) is 0 Å². The highest BCUT2D eigenvalue weighted by molar-refractivity contribution is 5.79. The molecule has 3 heterocycles. The van der Waals surface area contributed by atoms with E-state index in [2.05, 4.69) is 51.4 Å². The number of pyridine rings is 1. The molecule has 3 nitrogen and oxygen atoms in total. The fourth-order valence-corrected chi connectivity index (χ4v) is 3.12. The van der Waals surface area contributed by atoms with Crippen molar-refractivity contribution >= 4 is 16.7 Å². The number of nitrogens with one attached hydrogen (secondary N) is 1. The number of hydrogen-bond donors (Lipinski definition) is 1. The molecule has 0 atom stereocenters. The average Bonchev–Trinajstić information content (AvgIpc) is 2.91. The Morgan fingerprint density at radius 1 is 1.15 bits per heavy atom. The molecule has 1 aliphatic rings. The summed E-state index contributed by atoms with van der Waals surface area (Å²) in [5, 5.41) is 1.23. The number of nitrogens with zero attached hydrogens (tertiary/aromatic N) is 2. The van der Waals surface area contributed by atoms with Crippen molar-refractivity contribution in [2.45, 2.75) is 19.4 Å². The highest BCUT2D eigenvalue weighted by Gasteiger charge is 2.17. The fraction of sp³-hybridized carbons (Fsp3) is 0.235. The van der Waals surface area contributed by atoms with Crippen LogP contribution in [-0.4, -0.2) is 16.5 Å². The molecule has 0 radical (unpaired) electrons. The third-order valence-corrected chi connectivity index (χ3v) is 4.10. The van der Waals surface area contributed by atoms with Gasteiger partial charge < -0.3 is 9.88 Å². The van der Waals surface area contributed by atoms with Crippen LogP contribution in [0.5, 0.6) is 0 Å². The minimum absolute atomic E-state index is 0.947. The van der Waals surface area contributed by atoms with Crippen molar-refractivity contribution in [3.05, 3.63) is 59.9 Å². The van der Waals surface area contributed by atoms with Crippen molar-refractivity contribution < 1.29 is 0 Å². The molecule has 1 N–H and O–H groups in total. The monoisotopic (exact) mass is 263 g/mol. The topological polar surface area (TPSA) is 31.9 Å². The Balaban J connectivity index is 1.70. The van der Waals surface area contributed by atoms with Crippen LogP contribution in [0, 0.1) is 0 Å². The average molecular weight is 263 g/mol. The summed E-state index contributed by atoms with van der Waals surface area (Å²) in [4.78, 5) is 10.1. The van der Waals surface area contributed by atoms with Crippen molar-refractivity contribution in [1.29, 1.82) is 0 Å². The predicted molar refractivity (Wildman–Crippen MR) is 81.9 cm³/mol. The number of fused-ring (bicyclic) bond motifs is 2.